The molecule has 2 aliphatic rings. The molecule has 3 nitrogen and oxygen atoms in total. The highest BCUT2D eigenvalue weighted by atomic mass is 16.6. The number of cyclic esters (lactones) is 1. The van der Waals surface area contributed by atoms with Crippen molar-refractivity contribution in [3.05, 3.63) is 0 Å². The highest BCUT2D eigenvalue weighted by Crippen LogP contribution is 2.53. The zero-order valence-electron chi connectivity index (χ0n) is 16.4. The number of carbonyl (C=O) groups is 1. The maximum atomic E-state index is 13.0. The average Bonchev–Trinajstić information content (AvgIpc) is 2.84. The second-order valence-corrected chi connectivity index (χ2v) is 9.01. The molecule has 0 bridgehead atoms. The normalized spacial score (nSPS) is 30.0. The summed E-state index contributed by atoms with van der Waals surface area (Å²) in [5.41, 5.74) is -1.25. The molecule has 2 rings (SSSR count). The van der Waals surface area contributed by atoms with Gasteiger partial charge in [0.2, 0.25) is 0 Å². The van der Waals surface area contributed by atoms with Gasteiger partial charge in [0.05, 0.1) is 5.60 Å². The van der Waals surface area contributed by atoms with Crippen molar-refractivity contribution in [2.45, 2.75) is 97.9 Å². The van der Waals surface area contributed by atoms with Crippen LogP contribution in [0.1, 0.15) is 81.1 Å². The lowest BCUT2D eigenvalue weighted by atomic mass is 9.72. The molecule has 0 saturated carbocycles. The van der Waals surface area contributed by atoms with Gasteiger partial charge in [0, 0.05) is 0 Å². The molecule has 2 heterocycles. The molecule has 3 heteroatoms. The van der Waals surface area contributed by atoms with Crippen LogP contribution in [-0.4, -0.2) is 22.8 Å². The number of rotatable bonds is 4. The molecule has 2 fully saturated rings. The molecule has 0 radical (unpaired) electrons. The number of esters is 1. The monoisotopic (exact) mass is 324 g/mol. The molecule has 0 N–H and O–H groups in total. The van der Waals surface area contributed by atoms with Crippen molar-refractivity contribution >= 4 is 5.97 Å². The van der Waals surface area contributed by atoms with E-state index in [9.17, 15) is 4.79 Å². The van der Waals surface area contributed by atoms with E-state index in [-0.39, 0.29) is 17.2 Å². The quantitative estimate of drug-likeness (QED) is 0.685. The third-order valence-corrected chi connectivity index (χ3v) is 6.79. The highest BCUT2D eigenvalue weighted by Gasteiger charge is 2.61. The molecule has 1 atom stereocenters. The van der Waals surface area contributed by atoms with Crippen LogP contribution in [0.15, 0.2) is 0 Å². The van der Waals surface area contributed by atoms with Gasteiger partial charge in [0.25, 0.3) is 0 Å². The minimum absolute atomic E-state index is 0.116. The van der Waals surface area contributed by atoms with E-state index in [1.54, 1.807) is 0 Å². The molecule has 0 aromatic rings. The van der Waals surface area contributed by atoms with Crippen LogP contribution in [0.25, 0.3) is 0 Å². The summed E-state index contributed by atoms with van der Waals surface area (Å²) in [6, 6.07) is 0. The van der Waals surface area contributed by atoms with Crippen LogP contribution in [0.4, 0.5) is 0 Å². The first kappa shape index (κ1) is 18.8. The summed E-state index contributed by atoms with van der Waals surface area (Å²) in [5, 5.41) is 0. The van der Waals surface area contributed by atoms with E-state index >= 15 is 0 Å². The predicted octanol–water partition coefficient (Wildman–Crippen LogP) is 4.97. The average molecular weight is 325 g/mol. The van der Waals surface area contributed by atoms with Crippen LogP contribution in [-0.2, 0) is 14.3 Å². The Kier molecular flexibility index (Phi) is 4.94. The van der Waals surface area contributed by atoms with E-state index in [0.29, 0.717) is 23.7 Å². The molecule has 1 spiro atoms. The standard InChI is InChI=1S/C20H36O3/c1-13(2)19(14(3)4)11-9-18(17(21)22-19)10-12-20(23-18,15(5)6)16(7)8/h13-16H,9-12H2,1-8H3. The lowest BCUT2D eigenvalue weighted by Crippen LogP contribution is -2.58. The van der Waals surface area contributed by atoms with Gasteiger partial charge in [-0.25, -0.2) is 4.79 Å². The van der Waals surface area contributed by atoms with E-state index in [1.165, 1.54) is 0 Å². The summed E-state index contributed by atoms with van der Waals surface area (Å²) < 4.78 is 12.7. The molecule has 134 valence electrons. The van der Waals surface area contributed by atoms with Gasteiger partial charge in [-0.1, -0.05) is 55.4 Å². The summed E-state index contributed by atoms with van der Waals surface area (Å²) in [6.45, 7) is 17.5. The Morgan fingerprint density at radius 2 is 1.09 bits per heavy atom. The fourth-order valence-electron chi connectivity index (χ4n) is 4.96. The van der Waals surface area contributed by atoms with Gasteiger partial charge in [-0.2, -0.15) is 0 Å². The van der Waals surface area contributed by atoms with E-state index in [0.717, 1.165) is 25.7 Å². The summed E-state index contributed by atoms with van der Waals surface area (Å²) in [5.74, 6) is 1.33. The van der Waals surface area contributed by atoms with E-state index in [1.807, 2.05) is 0 Å². The minimum atomic E-state index is -0.707. The second kappa shape index (κ2) is 6.06. The lowest BCUT2D eigenvalue weighted by molar-refractivity contribution is -0.233. The molecule has 2 saturated heterocycles. The molecular formula is C20H36O3. The van der Waals surface area contributed by atoms with Crippen molar-refractivity contribution in [3.63, 3.8) is 0 Å². The fraction of sp³-hybridized carbons (Fsp3) is 0.950. The van der Waals surface area contributed by atoms with Gasteiger partial charge in [-0.05, 0) is 49.4 Å². The third-order valence-electron chi connectivity index (χ3n) is 6.79. The molecule has 0 aromatic carbocycles. The summed E-state index contributed by atoms with van der Waals surface area (Å²) in [6.07, 6.45) is 3.45. The topological polar surface area (TPSA) is 35.5 Å². The summed E-state index contributed by atoms with van der Waals surface area (Å²) in [4.78, 5) is 13.0. The molecule has 0 aliphatic carbocycles. The minimum Gasteiger partial charge on any atom is -0.456 e. The third kappa shape index (κ3) is 2.73. The highest BCUT2D eigenvalue weighted by molar-refractivity contribution is 5.81. The van der Waals surface area contributed by atoms with Crippen LogP contribution in [0.3, 0.4) is 0 Å². The maximum Gasteiger partial charge on any atom is 0.339 e. The van der Waals surface area contributed by atoms with Gasteiger partial charge in [0.1, 0.15) is 5.60 Å². The Labute approximate surface area is 142 Å². The number of hydrogen-bond acceptors (Lipinski definition) is 3. The first-order valence-electron chi connectivity index (χ1n) is 9.46. The van der Waals surface area contributed by atoms with Crippen molar-refractivity contribution in [2.75, 3.05) is 0 Å². The number of hydrogen-bond donors (Lipinski definition) is 0. The zero-order valence-corrected chi connectivity index (χ0v) is 16.4. The van der Waals surface area contributed by atoms with Crippen molar-refractivity contribution in [3.8, 4) is 0 Å². The fourth-order valence-corrected chi connectivity index (χ4v) is 4.96. The smallest absolute Gasteiger partial charge is 0.339 e. The van der Waals surface area contributed by atoms with Crippen LogP contribution in [0.2, 0.25) is 0 Å². The number of ether oxygens (including phenoxy) is 2. The van der Waals surface area contributed by atoms with Gasteiger partial charge in [-0.15, -0.1) is 0 Å². The van der Waals surface area contributed by atoms with Crippen molar-refractivity contribution in [1.82, 2.24) is 0 Å². The number of carbonyl (C=O) groups excluding carboxylic acids is 1. The molecular weight excluding hydrogens is 288 g/mol. The van der Waals surface area contributed by atoms with Gasteiger partial charge in [-0.3, -0.25) is 0 Å². The SMILES string of the molecule is CC(C)C1(C(C)C)CCC2(CCC(C(C)C)(C(C)C)O2)C(=O)O1. The first-order chi connectivity index (χ1) is 10.5. The Morgan fingerprint density at radius 1 is 0.696 bits per heavy atom. The second-order valence-electron chi connectivity index (χ2n) is 9.01. The molecule has 2 aliphatic heterocycles. The van der Waals surface area contributed by atoms with Crippen LogP contribution >= 0.6 is 0 Å². The van der Waals surface area contributed by atoms with Crippen molar-refractivity contribution in [2.24, 2.45) is 23.7 Å². The Balaban J connectivity index is 2.27. The van der Waals surface area contributed by atoms with E-state index in [2.05, 4.69) is 55.4 Å². The molecule has 1 unspecified atom stereocenters. The maximum absolute atomic E-state index is 13.0. The van der Waals surface area contributed by atoms with Crippen molar-refractivity contribution in [1.29, 1.82) is 0 Å². The zero-order chi connectivity index (χ0) is 17.6. The van der Waals surface area contributed by atoms with E-state index in [4.69, 9.17) is 9.47 Å². The van der Waals surface area contributed by atoms with Gasteiger partial charge in [0.15, 0.2) is 5.60 Å². The largest absolute Gasteiger partial charge is 0.456 e. The van der Waals surface area contributed by atoms with Gasteiger partial charge >= 0.3 is 5.97 Å². The summed E-state index contributed by atoms with van der Waals surface area (Å²) >= 11 is 0. The van der Waals surface area contributed by atoms with Crippen LogP contribution < -0.4 is 0 Å². The Hall–Kier alpha value is -0.570. The van der Waals surface area contributed by atoms with Crippen molar-refractivity contribution < 1.29 is 14.3 Å². The molecule has 23 heavy (non-hydrogen) atoms. The van der Waals surface area contributed by atoms with Gasteiger partial charge < -0.3 is 9.47 Å². The molecule has 0 amide bonds. The summed E-state index contributed by atoms with van der Waals surface area (Å²) in [7, 11) is 0. The van der Waals surface area contributed by atoms with E-state index < -0.39 is 5.60 Å². The Morgan fingerprint density at radius 3 is 1.39 bits per heavy atom. The van der Waals surface area contributed by atoms with Crippen LogP contribution in [0.5, 0.6) is 0 Å². The Bertz CT molecular complexity index is 434. The lowest BCUT2D eigenvalue weighted by Gasteiger charge is -2.49. The first-order valence-corrected chi connectivity index (χ1v) is 9.46. The molecule has 0 aromatic heterocycles. The predicted molar refractivity (Wildman–Crippen MR) is 93.2 cm³/mol. The van der Waals surface area contributed by atoms with Crippen LogP contribution in [0, 0.1) is 23.7 Å².